The fraction of sp³-hybridized carbons (Fsp3) is 0.846. The lowest BCUT2D eigenvalue weighted by atomic mass is 9.89. The molecule has 1 aliphatic carbocycles. The van der Waals surface area contributed by atoms with Crippen LogP contribution in [0.5, 0.6) is 0 Å². The van der Waals surface area contributed by atoms with Crippen molar-refractivity contribution in [3.8, 4) is 0 Å². The van der Waals surface area contributed by atoms with Gasteiger partial charge in [0.15, 0.2) is 0 Å². The molecule has 1 unspecified atom stereocenters. The highest BCUT2D eigenvalue weighted by Crippen LogP contribution is 2.23. The molecule has 4 heteroatoms. The van der Waals surface area contributed by atoms with E-state index in [1.54, 1.807) is 0 Å². The highest BCUT2D eigenvalue weighted by atomic mass is 16.2. The van der Waals surface area contributed by atoms with Gasteiger partial charge < -0.3 is 5.32 Å². The minimum Gasteiger partial charge on any atom is -0.305 e. The van der Waals surface area contributed by atoms with Gasteiger partial charge in [0.2, 0.25) is 11.8 Å². The van der Waals surface area contributed by atoms with Gasteiger partial charge in [-0.15, -0.1) is 0 Å². The quantitative estimate of drug-likeness (QED) is 0.751. The maximum Gasteiger partial charge on any atom is 0.246 e. The SMILES string of the molecule is CCN1C(=O)CC(NCC2CCCCC2)C1=O. The fourth-order valence-electron chi connectivity index (χ4n) is 2.87. The first-order valence-electron chi connectivity index (χ1n) is 6.80. The molecule has 0 radical (unpaired) electrons. The Labute approximate surface area is 103 Å². The maximum absolute atomic E-state index is 11.9. The summed E-state index contributed by atoms with van der Waals surface area (Å²) in [5.74, 6) is 0.634. The number of nitrogens with zero attached hydrogens (tertiary/aromatic N) is 1. The average Bonchev–Trinajstić information content (AvgIpc) is 2.63. The predicted molar refractivity (Wildman–Crippen MR) is 65.4 cm³/mol. The van der Waals surface area contributed by atoms with Crippen molar-refractivity contribution in [3.63, 3.8) is 0 Å². The molecule has 0 spiro atoms. The summed E-state index contributed by atoms with van der Waals surface area (Å²) in [6, 6.07) is -0.260. The van der Waals surface area contributed by atoms with E-state index in [0.717, 1.165) is 6.54 Å². The Hall–Kier alpha value is -0.900. The predicted octanol–water partition coefficient (Wildman–Crippen LogP) is 1.30. The molecule has 1 heterocycles. The Morgan fingerprint density at radius 2 is 1.94 bits per heavy atom. The molecular formula is C13H22N2O2. The number of rotatable bonds is 4. The van der Waals surface area contributed by atoms with Crippen molar-refractivity contribution in [3.05, 3.63) is 0 Å². The van der Waals surface area contributed by atoms with Crippen molar-refractivity contribution in [1.29, 1.82) is 0 Å². The summed E-state index contributed by atoms with van der Waals surface area (Å²) < 4.78 is 0. The Kier molecular flexibility index (Phi) is 4.15. The molecule has 1 saturated carbocycles. The maximum atomic E-state index is 11.9. The van der Waals surface area contributed by atoms with Gasteiger partial charge in [0.25, 0.3) is 0 Å². The summed E-state index contributed by atoms with van der Waals surface area (Å²) in [5, 5.41) is 3.28. The number of likely N-dealkylation sites (N-methyl/N-ethyl adjacent to an activating group) is 1. The molecular weight excluding hydrogens is 216 g/mol. The van der Waals surface area contributed by atoms with Gasteiger partial charge in [-0.05, 0) is 32.2 Å². The van der Waals surface area contributed by atoms with E-state index < -0.39 is 0 Å². The minimum atomic E-state index is -0.260. The van der Waals surface area contributed by atoms with Crippen LogP contribution in [-0.4, -0.2) is 35.8 Å². The van der Waals surface area contributed by atoms with E-state index in [-0.39, 0.29) is 17.9 Å². The monoisotopic (exact) mass is 238 g/mol. The Balaban J connectivity index is 1.79. The molecule has 2 amide bonds. The van der Waals surface area contributed by atoms with Crippen LogP contribution in [0.3, 0.4) is 0 Å². The first-order valence-corrected chi connectivity index (χ1v) is 6.80. The molecule has 2 rings (SSSR count). The molecule has 17 heavy (non-hydrogen) atoms. The molecule has 0 aromatic heterocycles. The molecule has 0 aromatic rings. The molecule has 1 atom stereocenters. The standard InChI is InChI=1S/C13H22N2O2/c1-2-15-12(16)8-11(13(15)17)14-9-10-6-4-3-5-7-10/h10-11,14H,2-9H2,1H3. The number of nitrogens with one attached hydrogen (secondary N) is 1. The smallest absolute Gasteiger partial charge is 0.246 e. The largest absolute Gasteiger partial charge is 0.305 e. The van der Waals surface area contributed by atoms with Gasteiger partial charge in [0.05, 0.1) is 12.5 Å². The minimum absolute atomic E-state index is 0.0290. The Bertz CT molecular complexity index is 298. The number of hydrogen-bond acceptors (Lipinski definition) is 3. The number of likely N-dealkylation sites (tertiary alicyclic amines) is 1. The topological polar surface area (TPSA) is 49.4 Å². The van der Waals surface area contributed by atoms with E-state index in [0.29, 0.717) is 18.9 Å². The summed E-state index contributed by atoms with van der Waals surface area (Å²) in [6.45, 7) is 3.24. The molecule has 2 aliphatic rings. The lowest BCUT2D eigenvalue weighted by Crippen LogP contribution is -2.40. The molecule has 4 nitrogen and oxygen atoms in total. The second-order valence-electron chi connectivity index (χ2n) is 5.15. The van der Waals surface area contributed by atoms with Crippen LogP contribution in [-0.2, 0) is 9.59 Å². The van der Waals surface area contributed by atoms with Gasteiger partial charge >= 0.3 is 0 Å². The van der Waals surface area contributed by atoms with E-state index in [9.17, 15) is 9.59 Å². The Morgan fingerprint density at radius 3 is 2.53 bits per heavy atom. The summed E-state index contributed by atoms with van der Waals surface area (Å²) >= 11 is 0. The van der Waals surface area contributed by atoms with E-state index >= 15 is 0 Å². The van der Waals surface area contributed by atoms with Crippen LogP contribution >= 0.6 is 0 Å². The third-order valence-electron chi connectivity index (χ3n) is 3.94. The molecule has 2 fully saturated rings. The van der Waals surface area contributed by atoms with E-state index in [1.165, 1.54) is 37.0 Å². The number of imide groups is 1. The number of amides is 2. The van der Waals surface area contributed by atoms with E-state index in [2.05, 4.69) is 5.32 Å². The van der Waals surface area contributed by atoms with Crippen molar-refractivity contribution < 1.29 is 9.59 Å². The average molecular weight is 238 g/mol. The molecule has 96 valence electrons. The lowest BCUT2D eigenvalue weighted by molar-refractivity contribution is -0.138. The van der Waals surface area contributed by atoms with Gasteiger partial charge in [-0.25, -0.2) is 0 Å². The number of hydrogen-bond donors (Lipinski definition) is 1. The van der Waals surface area contributed by atoms with Crippen LogP contribution in [0.2, 0.25) is 0 Å². The first kappa shape index (κ1) is 12.6. The van der Waals surface area contributed by atoms with Crippen molar-refractivity contribution in [2.75, 3.05) is 13.1 Å². The van der Waals surface area contributed by atoms with Crippen LogP contribution in [0.15, 0.2) is 0 Å². The third kappa shape index (κ3) is 2.86. The normalized spacial score (nSPS) is 26.9. The van der Waals surface area contributed by atoms with Crippen molar-refractivity contribution in [2.45, 2.75) is 51.5 Å². The van der Waals surface area contributed by atoms with Gasteiger partial charge in [0.1, 0.15) is 0 Å². The van der Waals surface area contributed by atoms with Gasteiger partial charge in [-0.1, -0.05) is 19.3 Å². The number of carbonyl (C=O) groups is 2. The molecule has 0 aromatic carbocycles. The van der Waals surface area contributed by atoms with Crippen molar-refractivity contribution >= 4 is 11.8 Å². The summed E-state index contributed by atoms with van der Waals surface area (Å²) in [4.78, 5) is 24.8. The first-order chi connectivity index (χ1) is 8.22. The fourth-order valence-corrected chi connectivity index (χ4v) is 2.87. The summed E-state index contributed by atoms with van der Waals surface area (Å²) in [5.41, 5.74) is 0. The third-order valence-corrected chi connectivity index (χ3v) is 3.94. The van der Waals surface area contributed by atoms with Gasteiger partial charge in [-0.3, -0.25) is 14.5 Å². The molecule has 1 aliphatic heterocycles. The van der Waals surface area contributed by atoms with Gasteiger partial charge in [0, 0.05) is 6.54 Å². The van der Waals surface area contributed by atoms with E-state index in [4.69, 9.17) is 0 Å². The van der Waals surface area contributed by atoms with Crippen LogP contribution < -0.4 is 5.32 Å². The van der Waals surface area contributed by atoms with E-state index in [1.807, 2.05) is 6.92 Å². The Morgan fingerprint density at radius 1 is 1.24 bits per heavy atom. The highest BCUT2D eigenvalue weighted by molar-refractivity contribution is 6.05. The zero-order valence-corrected chi connectivity index (χ0v) is 10.6. The second kappa shape index (κ2) is 5.63. The number of carbonyl (C=O) groups excluding carboxylic acids is 2. The second-order valence-corrected chi connectivity index (χ2v) is 5.15. The van der Waals surface area contributed by atoms with Crippen LogP contribution in [0.4, 0.5) is 0 Å². The summed E-state index contributed by atoms with van der Waals surface area (Å²) in [7, 11) is 0. The summed E-state index contributed by atoms with van der Waals surface area (Å²) in [6.07, 6.45) is 6.84. The molecule has 0 bridgehead atoms. The highest BCUT2D eigenvalue weighted by Gasteiger charge is 2.37. The van der Waals surface area contributed by atoms with Crippen LogP contribution in [0.25, 0.3) is 0 Å². The van der Waals surface area contributed by atoms with Crippen molar-refractivity contribution in [1.82, 2.24) is 10.2 Å². The van der Waals surface area contributed by atoms with Crippen LogP contribution in [0, 0.1) is 5.92 Å². The van der Waals surface area contributed by atoms with Crippen LogP contribution in [0.1, 0.15) is 45.4 Å². The zero-order chi connectivity index (χ0) is 12.3. The molecule has 1 N–H and O–H groups in total. The van der Waals surface area contributed by atoms with Gasteiger partial charge in [-0.2, -0.15) is 0 Å². The van der Waals surface area contributed by atoms with Crippen molar-refractivity contribution in [2.24, 2.45) is 5.92 Å². The molecule has 1 saturated heterocycles. The lowest BCUT2D eigenvalue weighted by Gasteiger charge is -2.23. The zero-order valence-electron chi connectivity index (χ0n) is 10.6.